The third-order valence-electron chi connectivity index (χ3n) is 2.74. The first-order valence-electron chi connectivity index (χ1n) is 5.97. The molecule has 0 rings (SSSR count). The molecule has 0 saturated heterocycles. The zero-order valence-corrected chi connectivity index (χ0v) is 11.1. The van der Waals surface area contributed by atoms with E-state index in [9.17, 15) is 30.0 Å². The van der Waals surface area contributed by atoms with E-state index in [0.717, 1.165) is 0 Å². The van der Waals surface area contributed by atoms with Crippen molar-refractivity contribution in [2.75, 3.05) is 6.61 Å². The lowest BCUT2D eigenvalue weighted by Gasteiger charge is -2.28. The van der Waals surface area contributed by atoms with E-state index in [2.05, 4.69) is 0 Å². The Labute approximate surface area is 115 Å². The molecule has 0 fully saturated rings. The zero-order chi connectivity index (χ0) is 16.0. The standard InChI is InChI=1S/C11H21NO8/c1-4(2)6(11(19)20)12-10(18)9(17)8(16)7(15)5(14)3-13/h4-9,13-17H,3H2,1-2H3,(H,12,18)(H,19,20)/p-1/t5-,6+,7-,8-,9-/m1/s1. The van der Waals surface area contributed by atoms with Crippen molar-refractivity contribution in [2.45, 2.75) is 44.3 Å². The Morgan fingerprint density at radius 2 is 1.60 bits per heavy atom. The summed E-state index contributed by atoms with van der Waals surface area (Å²) < 4.78 is 0. The van der Waals surface area contributed by atoms with Crippen molar-refractivity contribution in [1.29, 1.82) is 0 Å². The number of nitrogens with one attached hydrogen (secondary N) is 1. The second kappa shape index (κ2) is 8.12. The van der Waals surface area contributed by atoms with Gasteiger partial charge in [-0.05, 0) is 5.92 Å². The van der Waals surface area contributed by atoms with E-state index in [1.165, 1.54) is 13.8 Å². The van der Waals surface area contributed by atoms with Crippen molar-refractivity contribution in [3.05, 3.63) is 0 Å². The van der Waals surface area contributed by atoms with E-state index >= 15 is 0 Å². The summed E-state index contributed by atoms with van der Waals surface area (Å²) in [6.45, 7) is 2.10. The van der Waals surface area contributed by atoms with Crippen LogP contribution in [0.3, 0.4) is 0 Å². The molecule has 0 aromatic rings. The molecule has 0 spiro atoms. The summed E-state index contributed by atoms with van der Waals surface area (Å²) in [6.07, 6.45) is -7.99. The van der Waals surface area contributed by atoms with Gasteiger partial charge in [0, 0.05) is 0 Å². The van der Waals surface area contributed by atoms with E-state index in [1.54, 1.807) is 0 Å². The number of aliphatic carboxylic acids is 1. The lowest BCUT2D eigenvalue weighted by Crippen LogP contribution is -2.57. The van der Waals surface area contributed by atoms with Crippen LogP contribution in [0.5, 0.6) is 0 Å². The Balaban J connectivity index is 4.72. The molecule has 6 N–H and O–H groups in total. The predicted molar refractivity (Wildman–Crippen MR) is 62.9 cm³/mol. The summed E-state index contributed by atoms with van der Waals surface area (Å²) in [5, 5.41) is 58.6. The predicted octanol–water partition coefficient (Wildman–Crippen LogP) is -4.69. The zero-order valence-electron chi connectivity index (χ0n) is 11.1. The first-order chi connectivity index (χ1) is 9.13. The van der Waals surface area contributed by atoms with Gasteiger partial charge in [-0.2, -0.15) is 0 Å². The molecule has 9 heteroatoms. The molecule has 0 aliphatic rings. The van der Waals surface area contributed by atoms with Crippen molar-refractivity contribution in [2.24, 2.45) is 5.92 Å². The average molecular weight is 294 g/mol. The van der Waals surface area contributed by atoms with Crippen molar-refractivity contribution in [1.82, 2.24) is 5.32 Å². The van der Waals surface area contributed by atoms with Crippen LogP contribution in [0.4, 0.5) is 0 Å². The maximum Gasteiger partial charge on any atom is 0.252 e. The van der Waals surface area contributed by atoms with Crippen LogP contribution in [0.25, 0.3) is 0 Å². The number of carboxylic acids is 1. The van der Waals surface area contributed by atoms with Gasteiger partial charge in [0.25, 0.3) is 5.91 Å². The fourth-order valence-corrected chi connectivity index (χ4v) is 1.41. The molecule has 0 aliphatic heterocycles. The van der Waals surface area contributed by atoms with Gasteiger partial charge in [-0.3, -0.25) is 4.79 Å². The monoisotopic (exact) mass is 294 g/mol. The molecule has 0 aromatic carbocycles. The molecular formula is C11H20NO8-. The van der Waals surface area contributed by atoms with Crippen molar-refractivity contribution in [3.63, 3.8) is 0 Å². The number of aliphatic hydroxyl groups is 5. The SMILES string of the molecule is CC(C)[C@H](NC(=O)[C@H](O)[C@H](O)[C@H](O)[C@H](O)CO)C(=O)[O-]. The topological polar surface area (TPSA) is 170 Å². The van der Waals surface area contributed by atoms with Crippen molar-refractivity contribution < 1.29 is 40.2 Å². The molecule has 5 atom stereocenters. The number of aliphatic hydroxyl groups excluding tert-OH is 5. The van der Waals surface area contributed by atoms with Crippen LogP contribution in [0.15, 0.2) is 0 Å². The number of hydrogen-bond donors (Lipinski definition) is 6. The molecule has 0 aliphatic carbocycles. The lowest BCUT2D eigenvalue weighted by molar-refractivity contribution is -0.309. The quantitative estimate of drug-likeness (QED) is 0.259. The van der Waals surface area contributed by atoms with Gasteiger partial charge in [0.1, 0.15) is 18.3 Å². The molecule has 9 nitrogen and oxygen atoms in total. The Bertz CT molecular complexity index is 334. The van der Waals surface area contributed by atoms with Gasteiger partial charge >= 0.3 is 0 Å². The Morgan fingerprint density at radius 3 is 1.95 bits per heavy atom. The minimum atomic E-state index is -2.17. The molecule has 0 heterocycles. The van der Waals surface area contributed by atoms with Crippen molar-refractivity contribution in [3.8, 4) is 0 Å². The highest BCUT2D eigenvalue weighted by molar-refractivity contribution is 5.86. The molecule has 0 unspecified atom stereocenters. The van der Waals surface area contributed by atoms with Crippen molar-refractivity contribution >= 4 is 11.9 Å². The molecule has 0 radical (unpaired) electrons. The van der Waals surface area contributed by atoms with Gasteiger partial charge in [-0.25, -0.2) is 0 Å². The summed E-state index contributed by atoms with van der Waals surface area (Å²) in [6, 6.07) is -1.38. The van der Waals surface area contributed by atoms with Gasteiger partial charge in [0.05, 0.1) is 18.6 Å². The summed E-state index contributed by atoms with van der Waals surface area (Å²) in [7, 11) is 0. The number of hydrogen-bond acceptors (Lipinski definition) is 8. The van der Waals surface area contributed by atoms with Crippen LogP contribution in [-0.4, -0.2) is 74.5 Å². The first kappa shape index (κ1) is 18.7. The molecule has 1 amide bonds. The lowest BCUT2D eigenvalue weighted by atomic mass is 10.0. The summed E-state index contributed by atoms with van der Waals surface area (Å²) in [5.74, 6) is -3.34. The number of carbonyl (C=O) groups excluding carboxylic acids is 2. The van der Waals surface area contributed by atoms with Gasteiger partial charge in [0.15, 0.2) is 6.10 Å². The highest BCUT2D eigenvalue weighted by atomic mass is 16.4. The average Bonchev–Trinajstić information content (AvgIpc) is 2.39. The van der Waals surface area contributed by atoms with Gasteiger partial charge < -0.3 is 40.8 Å². The second-order valence-electron chi connectivity index (χ2n) is 4.73. The molecule has 0 aromatic heterocycles. The largest absolute Gasteiger partial charge is 0.548 e. The molecular weight excluding hydrogens is 274 g/mol. The van der Waals surface area contributed by atoms with Crippen LogP contribution in [0, 0.1) is 5.92 Å². The first-order valence-corrected chi connectivity index (χ1v) is 5.97. The van der Waals surface area contributed by atoms with Crippen LogP contribution in [0.1, 0.15) is 13.8 Å². The fourth-order valence-electron chi connectivity index (χ4n) is 1.41. The summed E-state index contributed by atoms with van der Waals surface area (Å²) >= 11 is 0. The minimum Gasteiger partial charge on any atom is -0.548 e. The summed E-state index contributed by atoms with van der Waals surface area (Å²) in [4.78, 5) is 22.3. The Kier molecular flexibility index (Phi) is 7.61. The molecule has 0 saturated carbocycles. The van der Waals surface area contributed by atoms with E-state index in [1.807, 2.05) is 5.32 Å². The van der Waals surface area contributed by atoms with Crippen LogP contribution < -0.4 is 10.4 Å². The minimum absolute atomic E-state index is 0.527. The van der Waals surface area contributed by atoms with E-state index in [4.69, 9.17) is 10.2 Å². The smallest absolute Gasteiger partial charge is 0.252 e. The second-order valence-corrected chi connectivity index (χ2v) is 4.73. The van der Waals surface area contributed by atoms with Gasteiger partial charge in [0.2, 0.25) is 0 Å². The Morgan fingerprint density at radius 1 is 1.10 bits per heavy atom. The van der Waals surface area contributed by atoms with Gasteiger partial charge in [-0.15, -0.1) is 0 Å². The van der Waals surface area contributed by atoms with Crippen LogP contribution in [0.2, 0.25) is 0 Å². The van der Waals surface area contributed by atoms with Gasteiger partial charge in [-0.1, -0.05) is 13.8 Å². The maximum atomic E-state index is 11.6. The highest BCUT2D eigenvalue weighted by Crippen LogP contribution is 2.07. The number of rotatable bonds is 8. The fraction of sp³-hybridized carbons (Fsp3) is 0.818. The van der Waals surface area contributed by atoms with E-state index in [-0.39, 0.29) is 0 Å². The third kappa shape index (κ3) is 5.02. The van der Waals surface area contributed by atoms with E-state index in [0.29, 0.717) is 0 Å². The Hall–Kier alpha value is -1.26. The highest BCUT2D eigenvalue weighted by Gasteiger charge is 2.35. The maximum absolute atomic E-state index is 11.6. The van der Waals surface area contributed by atoms with Crippen LogP contribution >= 0.6 is 0 Å². The molecule has 118 valence electrons. The molecule has 20 heavy (non-hydrogen) atoms. The van der Waals surface area contributed by atoms with E-state index < -0.39 is 54.9 Å². The third-order valence-corrected chi connectivity index (χ3v) is 2.74. The molecule has 0 bridgehead atoms. The summed E-state index contributed by atoms with van der Waals surface area (Å²) in [5.41, 5.74) is 0. The number of carboxylic acid groups (broad SMARTS) is 1. The normalized spacial score (nSPS) is 19.0. The number of carbonyl (C=O) groups is 2. The number of amides is 1. The van der Waals surface area contributed by atoms with Crippen LogP contribution in [-0.2, 0) is 9.59 Å².